The van der Waals surface area contributed by atoms with Crippen LogP contribution in [0.2, 0.25) is 0 Å². The predicted molar refractivity (Wildman–Crippen MR) is 139 cm³/mol. The van der Waals surface area contributed by atoms with Crippen LogP contribution in [0.1, 0.15) is 66.7 Å². The van der Waals surface area contributed by atoms with Crippen LogP contribution in [0.3, 0.4) is 0 Å². The Morgan fingerprint density at radius 3 is 2.06 bits per heavy atom. The molecule has 35 heavy (non-hydrogen) atoms. The molecule has 1 aliphatic heterocycles. The summed E-state index contributed by atoms with van der Waals surface area (Å²) in [5.74, 6) is 1.06. The van der Waals surface area contributed by atoms with Crippen LogP contribution in [0.4, 0.5) is 0 Å². The average Bonchev–Trinajstić information content (AvgIpc) is 2.81. The Morgan fingerprint density at radius 1 is 0.886 bits per heavy atom. The van der Waals surface area contributed by atoms with E-state index in [2.05, 4.69) is 53.3 Å². The Bertz CT molecular complexity index is 1230. The van der Waals surface area contributed by atoms with E-state index < -0.39 is 0 Å². The van der Waals surface area contributed by atoms with E-state index >= 15 is 0 Å². The van der Waals surface area contributed by atoms with Gasteiger partial charge in [-0.3, -0.25) is 9.59 Å². The number of carbonyl (C=O) groups is 2. The van der Waals surface area contributed by atoms with E-state index in [1.807, 2.05) is 12.1 Å². The van der Waals surface area contributed by atoms with E-state index in [0.717, 1.165) is 63.8 Å². The van der Waals surface area contributed by atoms with Crippen molar-refractivity contribution < 1.29 is 19.1 Å². The summed E-state index contributed by atoms with van der Waals surface area (Å²) in [6, 6.07) is 10.3. The lowest BCUT2D eigenvalue weighted by Crippen LogP contribution is -2.36. The Kier molecular flexibility index (Phi) is 6.58. The molecule has 0 saturated heterocycles. The largest absolute Gasteiger partial charge is 0.493 e. The lowest BCUT2D eigenvalue weighted by atomic mass is 9.71. The fraction of sp³-hybridized carbons (Fsp3) is 0.379. The van der Waals surface area contributed by atoms with Crippen LogP contribution in [-0.2, 0) is 16.2 Å². The summed E-state index contributed by atoms with van der Waals surface area (Å²) < 4.78 is 12.7. The molecule has 0 saturated carbocycles. The third-order valence-corrected chi connectivity index (χ3v) is 7.63. The van der Waals surface area contributed by atoms with Crippen LogP contribution in [0.15, 0.2) is 57.3 Å². The van der Waals surface area contributed by atoms with Crippen LogP contribution in [-0.4, -0.2) is 18.7 Å². The van der Waals surface area contributed by atoms with Crippen molar-refractivity contribution in [1.82, 2.24) is 5.32 Å². The van der Waals surface area contributed by atoms with Gasteiger partial charge in [-0.2, -0.15) is 0 Å². The number of nitrogens with one attached hydrogen (secondary N) is 1. The molecule has 0 aromatic heterocycles. The van der Waals surface area contributed by atoms with Crippen LogP contribution < -0.4 is 14.8 Å². The average molecular weight is 536 g/mol. The number of Topliss-reactive ketones (excluding diaryl/α,β-unsaturated/α-hetero) is 2. The molecule has 1 N–H and O–H groups in total. The minimum atomic E-state index is -0.375. The van der Waals surface area contributed by atoms with Crippen molar-refractivity contribution in [3.8, 4) is 11.5 Å². The van der Waals surface area contributed by atoms with E-state index in [-0.39, 0.29) is 17.5 Å². The third kappa shape index (κ3) is 4.56. The van der Waals surface area contributed by atoms with Crippen molar-refractivity contribution in [1.29, 1.82) is 0 Å². The summed E-state index contributed by atoms with van der Waals surface area (Å²) in [6.45, 7) is 4.56. The number of carbonyl (C=O) groups excluding carboxylic acids is 2. The minimum Gasteiger partial charge on any atom is -0.493 e. The zero-order chi connectivity index (χ0) is 24.7. The van der Waals surface area contributed by atoms with Gasteiger partial charge in [-0.25, -0.2) is 0 Å². The van der Waals surface area contributed by atoms with Crippen LogP contribution in [0.5, 0.6) is 11.5 Å². The number of aryl methyl sites for hydroxylation is 2. The molecule has 1 heterocycles. The summed E-state index contributed by atoms with van der Waals surface area (Å²) in [4.78, 5) is 26.2. The molecule has 182 valence electrons. The van der Waals surface area contributed by atoms with E-state index in [1.165, 1.54) is 11.1 Å². The van der Waals surface area contributed by atoms with Gasteiger partial charge in [0, 0.05) is 41.3 Å². The van der Waals surface area contributed by atoms with Crippen molar-refractivity contribution in [2.45, 2.75) is 64.9 Å². The van der Waals surface area contributed by atoms with Gasteiger partial charge in [0.1, 0.15) is 6.61 Å². The fourth-order valence-electron chi connectivity index (χ4n) is 5.67. The Morgan fingerprint density at radius 2 is 1.49 bits per heavy atom. The highest BCUT2D eigenvalue weighted by atomic mass is 79.9. The molecule has 0 radical (unpaired) electrons. The third-order valence-electron chi connectivity index (χ3n) is 7.04. The van der Waals surface area contributed by atoms with Crippen molar-refractivity contribution in [2.75, 3.05) is 7.11 Å². The molecular weight excluding hydrogens is 506 g/mol. The normalized spacial score (nSPS) is 18.3. The molecule has 0 amide bonds. The van der Waals surface area contributed by atoms with Crippen LogP contribution in [0, 0.1) is 13.8 Å². The minimum absolute atomic E-state index is 0.124. The molecule has 0 atom stereocenters. The van der Waals surface area contributed by atoms with Crippen molar-refractivity contribution in [3.05, 3.63) is 79.6 Å². The number of hydrogen-bond donors (Lipinski definition) is 1. The van der Waals surface area contributed by atoms with Crippen molar-refractivity contribution >= 4 is 27.5 Å². The number of ketones is 2. The quantitative estimate of drug-likeness (QED) is 0.482. The molecule has 2 aromatic carbocycles. The fourth-order valence-corrected chi connectivity index (χ4v) is 6.25. The first-order chi connectivity index (χ1) is 16.9. The molecule has 0 bridgehead atoms. The number of benzene rings is 2. The van der Waals surface area contributed by atoms with Gasteiger partial charge in [-0.15, -0.1) is 0 Å². The van der Waals surface area contributed by atoms with Crippen molar-refractivity contribution in [3.63, 3.8) is 0 Å². The van der Waals surface area contributed by atoms with Gasteiger partial charge in [0.05, 0.1) is 11.6 Å². The first kappa shape index (κ1) is 23.9. The van der Waals surface area contributed by atoms with Gasteiger partial charge in [0.15, 0.2) is 23.1 Å². The predicted octanol–water partition coefficient (Wildman–Crippen LogP) is 6.35. The van der Waals surface area contributed by atoms with Gasteiger partial charge in [-0.05, 0) is 78.7 Å². The molecule has 0 spiro atoms. The number of methoxy groups -OCH3 is 1. The van der Waals surface area contributed by atoms with Gasteiger partial charge in [0.2, 0.25) is 0 Å². The molecule has 5 rings (SSSR count). The molecule has 0 fully saturated rings. The highest BCUT2D eigenvalue weighted by molar-refractivity contribution is 9.10. The standard InChI is InChI=1S/C29H30BrNO4/c1-16-10-17(2)12-18(11-16)15-35-29-20(30)13-19(14-25(29)34-3)26-27-21(6-4-8-23(27)32)31-22-7-5-9-24(33)28(22)26/h10-14,26,31H,4-9,15H2,1-3H3. The van der Waals surface area contributed by atoms with E-state index in [4.69, 9.17) is 9.47 Å². The summed E-state index contributed by atoms with van der Waals surface area (Å²) in [5.41, 5.74) is 7.78. The smallest absolute Gasteiger partial charge is 0.175 e. The zero-order valence-corrected chi connectivity index (χ0v) is 22.0. The first-order valence-electron chi connectivity index (χ1n) is 12.2. The van der Waals surface area contributed by atoms with E-state index in [0.29, 0.717) is 30.9 Å². The van der Waals surface area contributed by atoms with Gasteiger partial charge in [-0.1, -0.05) is 29.3 Å². The molecule has 6 heteroatoms. The summed E-state index contributed by atoms with van der Waals surface area (Å²) in [6.07, 6.45) is 4.38. The maximum atomic E-state index is 13.1. The molecule has 2 aliphatic carbocycles. The second-order valence-corrected chi connectivity index (χ2v) is 10.6. The highest BCUT2D eigenvalue weighted by Crippen LogP contribution is 2.48. The number of dihydropyridines is 1. The second-order valence-electron chi connectivity index (χ2n) is 9.71. The Balaban J connectivity index is 1.55. The number of allylic oxidation sites excluding steroid dienone is 4. The topological polar surface area (TPSA) is 64.6 Å². The molecular formula is C29H30BrNO4. The molecule has 0 unspecified atom stereocenters. The van der Waals surface area contributed by atoms with Crippen LogP contribution in [0.25, 0.3) is 0 Å². The first-order valence-corrected chi connectivity index (χ1v) is 13.0. The molecule has 3 aliphatic rings. The van der Waals surface area contributed by atoms with E-state index in [1.54, 1.807) is 7.11 Å². The highest BCUT2D eigenvalue weighted by Gasteiger charge is 2.40. The number of hydrogen-bond acceptors (Lipinski definition) is 5. The summed E-state index contributed by atoms with van der Waals surface area (Å²) in [7, 11) is 1.62. The van der Waals surface area contributed by atoms with Gasteiger partial charge >= 0.3 is 0 Å². The van der Waals surface area contributed by atoms with Crippen LogP contribution >= 0.6 is 15.9 Å². The van der Waals surface area contributed by atoms with Gasteiger partial charge < -0.3 is 14.8 Å². The van der Waals surface area contributed by atoms with Gasteiger partial charge in [0.25, 0.3) is 0 Å². The molecule has 5 nitrogen and oxygen atoms in total. The monoisotopic (exact) mass is 535 g/mol. The lowest BCUT2D eigenvalue weighted by Gasteiger charge is -2.37. The Hall–Kier alpha value is -2.86. The lowest BCUT2D eigenvalue weighted by molar-refractivity contribution is -0.116. The maximum Gasteiger partial charge on any atom is 0.175 e. The SMILES string of the molecule is COc1cc(C2C3=C(CCCC3=O)NC3=C2C(=O)CCC3)cc(Br)c1OCc1cc(C)cc(C)c1. The number of rotatable bonds is 5. The zero-order valence-electron chi connectivity index (χ0n) is 20.4. The Labute approximate surface area is 214 Å². The maximum absolute atomic E-state index is 13.1. The second kappa shape index (κ2) is 9.65. The molecule has 2 aromatic rings. The summed E-state index contributed by atoms with van der Waals surface area (Å²) >= 11 is 3.69. The summed E-state index contributed by atoms with van der Waals surface area (Å²) in [5, 5.41) is 3.47. The number of ether oxygens (including phenoxy) is 2. The number of halogens is 1. The van der Waals surface area contributed by atoms with E-state index in [9.17, 15) is 9.59 Å². The van der Waals surface area contributed by atoms with Crippen molar-refractivity contribution in [2.24, 2.45) is 0 Å².